The molecule has 0 radical (unpaired) electrons. The Labute approximate surface area is 114 Å². The van der Waals surface area contributed by atoms with Crippen molar-refractivity contribution in [3.8, 4) is 0 Å². The third-order valence-electron chi connectivity index (χ3n) is 3.26. The van der Waals surface area contributed by atoms with Crippen LogP contribution in [0.3, 0.4) is 0 Å². The molecule has 108 valence electrons. The maximum Gasteiger partial charge on any atom is 0.0430 e. The standard InChI is InChI=1S/C12H25N7/c1-8(16-4)5-11(9(2)18-14)6-12(7-17-13)10(3)19-15/h7,11-12H,5-6,13-15H2,1-4H3/b16-8+,17-7+,18-9+,19-10-. The predicted octanol–water partition coefficient (Wildman–Crippen LogP) is 0.703. The average molecular weight is 267 g/mol. The van der Waals surface area contributed by atoms with Crippen molar-refractivity contribution in [1.82, 2.24) is 0 Å². The zero-order valence-electron chi connectivity index (χ0n) is 12.2. The second-order valence-electron chi connectivity index (χ2n) is 4.54. The van der Waals surface area contributed by atoms with Gasteiger partial charge in [-0.2, -0.15) is 15.3 Å². The minimum atomic E-state index is -0.0265. The third kappa shape index (κ3) is 5.98. The van der Waals surface area contributed by atoms with Crippen LogP contribution in [0.1, 0.15) is 33.6 Å². The van der Waals surface area contributed by atoms with Gasteiger partial charge < -0.3 is 17.5 Å². The van der Waals surface area contributed by atoms with E-state index in [1.165, 1.54) is 0 Å². The summed E-state index contributed by atoms with van der Waals surface area (Å²) in [6, 6.07) is 0. The number of nitrogens with two attached hydrogens (primary N) is 3. The summed E-state index contributed by atoms with van der Waals surface area (Å²) in [5.74, 6) is 16.1. The number of hydrogen-bond acceptors (Lipinski definition) is 7. The van der Waals surface area contributed by atoms with Gasteiger partial charge >= 0.3 is 0 Å². The normalized spacial score (nSPS) is 17.8. The van der Waals surface area contributed by atoms with Crippen molar-refractivity contribution >= 4 is 23.3 Å². The Hall–Kier alpha value is -1.92. The molecule has 0 bridgehead atoms. The monoisotopic (exact) mass is 267 g/mol. The van der Waals surface area contributed by atoms with Crippen molar-refractivity contribution < 1.29 is 0 Å². The second-order valence-corrected chi connectivity index (χ2v) is 4.54. The number of nitrogens with zero attached hydrogens (tertiary/aromatic N) is 4. The van der Waals surface area contributed by atoms with E-state index in [4.69, 9.17) is 17.5 Å². The van der Waals surface area contributed by atoms with Gasteiger partial charge in [-0.1, -0.05) is 0 Å². The predicted molar refractivity (Wildman–Crippen MR) is 82.5 cm³/mol. The highest BCUT2D eigenvalue weighted by Gasteiger charge is 2.21. The van der Waals surface area contributed by atoms with Crippen LogP contribution in [0.4, 0.5) is 0 Å². The molecule has 0 rings (SSSR count). The molecule has 0 fully saturated rings. The van der Waals surface area contributed by atoms with E-state index in [9.17, 15) is 0 Å². The van der Waals surface area contributed by atoms with E-state index in [0.717, 1.165) is 30.0 Å². The van der Waals surface area contributed by atoms with E-state index in [1.807, 2.05) is 20.8 Å². The van der Waals surface area contributed by atoms with Crippen LogP contribution >= 0.6 is 0 Å². The van der Waals surface area contributed by atoms with Crippen LogP contribution in [0.5, 0.6) is 0 Å². The van der Waals surface area contributed by atoms with Gasteiger partial charge in [0.1, 0.15) is 0 Å². The minimum Gasteiger partial charge on any atom is -0.324 e. The van der Waals surface area contributed by atoms with Crippen LogP contribution in [0.25, 0.3) is 0 Å². The minimum absolute atomic E-state index is 0.0265. The smallest absolute Gasteiger partial charge is 0.0430 e. The van der Waals surface area contributed by atoms with Crippen LogP contribution < -0.4 is 17.5 Å². The van der Waals surface area contributed by atoms with Crippen molar-refractivity contribution in [2.45, 2.75) is 33.6 Å². The van der Waals surface area contributed by atoms with E-state index >= 15 is 0 Å². The van der Waals surface area contributed by atoms with Crippen LogP contribution in [0.15, 0.2) is 20.3 Å². The molecule has 0 saturated carbocycles. The molecule has 0 heterocycles. The second kappa shape index (κ2) is 9.07. The fraction of sp³-hybridized carbons (Fsp3) is 0.667. The quantitative estimate of drug-likeness (QED) is 0.357. The van der Waals surface area contributed by atoms with Gasteiger partial charge in [-0.25, -0.2) is 0 Å². The van der Waals surface area contributed by atoms with Crippen molar-refractivity contribution in [1.29, 1.82) is 0 Å². The summed E-state index contributed by atoms with van der Waals surface area (Å²) in [7, 11) is 1.77. The topological polar surface area (TPSA) is 127 Å². The maximum absolute atomic E-state index is 5.38. The van der Waals surface area contributed by atoms with Crippen molar-refractivity contribution in [2.24, 2.45) is 49.7 Å². The summed E-state index contributed by atoms with van der Waals surface area (Å²) < 4.78 is 0. The molecule has 6 N–H and O–H groups in total. The Morgan fingerprint density at radius 2 is 1.63 bits per heavy atom. The first kappa shape index (κ1) is 17.1. The van der Waals surface area contributed by atoms with Gasteiger partial charge in [-0.3, -0.25) is 4.99 Å². The zero-order valence-corrected chi connectivity index (χ0v) is 12.2. The van der Waals surface area contributed by atoms with Gasteiger partial charge in [0.15, 0.2) is 0 Å². The largest absolute Gasteiger partial charge is 0.324 e. The summed E-state index contributed by atoms with van der Waals surface area (Å²) in [5, 5.41) is 11.1. The molecule has 0 amide bonds. The summed E-state index contributed by atoms with van der Waals surface area (Å²) in [6.07, 6.45) is 3.17. The zero-order chi connectivity index (χ0) is 14.8. The van der Waals surface area contributed by atoms with Crippen LogP contribution in [-0.2, 0) is 0 Å². The van der Waals surface area contributed by atoms with Crippen molar-refractivity contribution in [3.63, 3.8) is 0 Å². The number of rotatable bonds is 7. The molecule has 0 aromatic carbocycles. The lowest BCUT2D eigenvalue weighted by Gasteiger charge is -2.20. The molecule has 0 aromatic rings. The molecule has 2 unspecified atom stereocenters. The van der Waals surface area contributed by atoms with Crippen LogP contribution in [-0.4, -0.2) is 30.4 Å². The van der Waals surface area contributed by atoms with Gasteiger partial charge in [0.25, 0.3) is 0 Å². The van der Waals surface area contributed by atoms with E-state index in [-0.39, 0.29) is 11.8 Å². The molecule has 7 heteroatoms. The Morgan fingerprint density at radius 3 is 2.05 bits per heavy atom. The maximum atomic E-state index is 5.38. The van der Waals surface area contributed by atoms with E-state index < -0.39 is 0 Å². The molecule has 0 aromatic heterocycles. The number of aliphatic imine (C=N–C) groups is 1. The molecule has 0 aliphatic carbocycles. The van der Waals surface area contributed by atoms with Crippen LogP contribution in [0, 0.1) is 11.8 Å². The van der Waals surface area contributed by atoms with Gasteiger partial charge in [0.05, 0.1) is 0 Å². The highest BCUT2D eigenvalue weighted by Crippen LogP contribution is 2.19. The lowest BCUT2D eigenvalue weighted by Crippen LogP contribution is -2.25. The Kier molecular flexibility index (Phi) is 8.15. The van der Waals surface area contributed by atoms with Crippen molar-refractivity contribution in [3.05, 3.63) is 0 Å². The molecule has 0 aliphatic heterocycles. The molecule has 0 aliphatic rings. The molecule has 2 atom stereocenters. The molecular formula is C12H25N7. The Bertz CT molecular complexity index is 382. The van der Waals surface area contributed by atoms with Gasteiger partial charge in [0.2, 0.25) is 0 Å². The van der Waals surface area contributed by atoms with Crippen LogP contribution in [0.2, 0.25) is 0 Å². The van der Waals surface area contributed by atoms with Gasteiger partial charge in [-0.05, 0) is 33.6 Å². The first-order chi connectivity index (χ1) is 8.99. The molecular weight excluding hydrogens is 242 g/mol. The van der Waals surface area contributed by atoms with E-state index in [2.05, 4.69) is 20.3 Å². The molecule has 7 nitrogen and oxygen atoms in total. The third-order valence-corrected chi connectivity index (χ3v) is 3.26. The average Bonchev–Trinajstić information content (AvgIpc) is 2.43. The molecule has 19 heavy (non-hydrogen) atoms. The first-order valence-electron chi connectivity index (χ1n) is 6.14. The number of hydrogen-bond donors (Lipinski definition) is 3. The first-order valence-corrected chi connectivity index (χ1v) is 6.14. The van der Waals surface area contributed by atoms with E-state index in [0.29, 0.717) is 0 Å². The Balaban J connectivity index is 5.06. The van der Waals surface area contributed by atoms with Gasteiger partial charge in [-0.15, -0.1) is 0 Å². The van der Waals surface area contributed by atoms with Crippen molar-refractivity contribution in [2.75, 3.05) is 7.05 Å². The number of hydrazone groups is 3. The molecule has 0 spiro atoms. The highest BCUT2D eigenvalue weighted by molar-refractivity contribution is 5.98. The highest BCUT2D eigenvalue weighted by atomic mass is 15.1. The lowest BCUT2D eigenvalue weighted by atomic mass is 9.86. The summed E-state index contributed by atoms with van der Waals surface area (Å²) >= 11 is 0. The summed E-state index contributed by atoms with van der Waals surface area (Å²) in [4.78, 5) is 4.17. The lowest BCUT2D eigenvalue weighted by molar-refractivity contribution is 0.615. The summed E-state index contributed by atoms with van der Waals surface area (Å²) in [5.41, 5.74) is 2.68. The van der Waals surface area contributed by atoms with Gasteiger partial charge in [0, 0.05) is 42.2 Å². The fourth-order valence-corrected chi connectivity index (χ4v) is 1.80. The SMILES string of the molecule is C/N=C(\C)CC(CC(/C=N/N)/C(C)=N\N)/C(C)=N/N. The Morgan fingerprint density at radius 1 is 1.05 bits per heavy atom. The molecule has 0 saturated heterocycles. The summed E-state index contributed by atoms with van der Waals surface area (Å²) in [6.45, 7) is 5.73. The fourth-order valence-electron chi connectivity index (χ4n) is 1.80. The van der Waals surface area contributed by atoms with E-state index in [1.54, 1.807) is 13.3 Å².